The summed E-state index contributed by atoms with van der Waals surface area (Å²) in [4.78, 5) is 17.9. The lowest BCUT2D eigenvalue weighted by molar-refractivity contribution is -0.183. The zero-order valence-corrected chi connectivity index (χ0v) is 14.9. The summed E-state index contributed by atoms with van der Waals surface area (Å²) in [5.74, 6) is -0.613. The summed E-state index contributed by atoms with van der Waals surface area (Å²) in [6, 6.07) is 0.0151. The quantitative estimate of drug-likeness (QED) is 0.813. The summed E-state index contributed by atoms with van der Waals surface area (Å²) >= 11 is 0. The van der Waals surface area contributed by atoms with Crippen LogP contribution in [0.2, 0.25) is 0 Å². The first-order valence-electron chi connectivity index (χ1n) is 7.97. The van der Waals surface area contributed by atoms with Crippen LogP contribution in [-0.2, 0) is 0 Å². The second kappa shape index (κ2) is 8.19. The topological polar surface area (TPSA) is 74.6 Å². The molecular formula is C15H20ClF3N6O. The number of hydrogen-bond acceptors (Lipinski definition) is 5. The van der Waals surface area contributed by atoms with Gasteiger partial charge in [0.1, 0.15) is 11.6 Å². The first-order chi connectivity index (χ1) is 11.9. The van der Waals surface area contributed by atoms with Crippen LogP contribution < -0.4 is 10.6 Å². The number of halogens is 4. The molecule has 0 radical (unpaired) electrons. The van der Waals surface area contributed by atoms with E-state index in [4.69, 9.17) is 0 Å². The predicted octanol–water partition coefficient (Wildman–Crippen LogP) is 1.03. The molecule has 1 atom stereocenters. The van der Waals surface area contributed by atoms with Crippen LogP contribution >= 0.6 is 12.4 Å². The standard InChI is InChI=1S/C15H19F3N6O.ClH/c1-10-2-5-24-13(22-10)11(8-21-24)14(25)20-9-12(15(16,17)18)23-6-3-19-4-7-23;/h2,5,8,12,19H,3-4,6-7,9H2,1H3,(H,20,25);1H. The number of nitrogens with one attached hydrogen (secondary N) is 2. The molecule has 3 rings (SSSR count). The second-order valence-electron chi connectivity index (χ2n) is 5.95. The fourth-order valence-electron chi connectivity index (χ4n) is 2.85. The fourth-order valence-corrected chi connectivity index (χ4v) is 2.85. The Bertz CT molecular complexity index is 759. The number of aryl methyl sites for hydroxylation is 1. The Morgan fingerprint density at radius 1 is 1.38 bits per heavy atom. The van der Waals surface area contributed by atoms with Gasteiger partial charge < -0.3 is 10.6 Å². The van der Waals surface area contributed by atoms with Crippen molar-refractivity contribution in [2.45, 2.75) is 19.1 Å². The van der Waals surface area contributed by atoms with E-state index < -0.39 is 24.7 Å². The molecule has 2 aromatic heterocycles. The van der Waals surface area contributed by atoms with Gasteiger partial charge in [-0.3, -0.25) is 9.69 Å². The average molecular weight is 393 g/mol. The Labute approximate surface area is 154 Å². The summed E-state index contributed by atoms with van der Waals surface area (Å²) < 4.78 is 41.5. The third-order valence-electron chi connectivity index (χ3n) is 4.18. The molecule has 144 valence electrons. The van der Waals surface area contributed by atoms with E-state index in [0.717, 1.165) is 0 Å². The van der Waals surface area contributed by atoms with Crippen LogP contribution in [0.3, 0.4) is 0 Å². The van der Waals surface area contributed by atoms with Crippen LogP contribution in [0, 0.1) is 6.92 Å². The molecule has 2 aromatic rings. The number of aromatic nitrogens is 3. The Balaban J connectivity index is 0.00000243. The molecule has 2 N–H and O–H groups in total. The van der Waals surface area contributed by atoms with Gasteiger partial charge in [-0.2, -0.15) is 18.3 Å². The van der Waals surface area contributed by atoms with Gasteiger partial charge in [0.25, 0.3) is 5.91 Å². The smallest absolute Gasteiger partial charge is 0.350 e. The molecule has 0 aromatic carbocycles. The molecule has 1 saturated heterocycles. The molecule has 1 aliphatic heterocycles. The minimum absolute atomic E-state index is 0. The van der Waals surface area contributed by atoms with Crippen molar-refractivity contribution in [3.05, 3.63) is 29.7 Å². The number of carbonyl (C=O) groups excluding carboxylic acids is 1. The molecule has 1 aliphatic rings. The molecule has 3 heterocycles. The summed E-state index contributed by atoms with van der Waals surface area (Å²) in [5.41, 5.74) is 1.17. The van der Waals surface area contributed by atoms with E-state index in [1.54, 1.807) is 19.2 Å². The summed E-state index contributed by atoms with van der Waals surface area (Å²) in [7, 11) is 0. The van der Waals surface area contributed by atoms with Crippen molar-refractivity contribution >= 4 is 24.0 Å². The number of alkyl halides is 3. The number of nitrogens with zero attached hydrogens (tertiary/aromatic N) is 4. The van der Waals surface area contributed by atoms with Gasteiger partial charge in [0.15, 0.2) is 5.65 Å². The molecule has 7 nitrogen and oxygen atoms in total. The van der Waals surface area contributed by atoms with Crippen LogP contribution in [0.1, 0.15) is 16.1 Å². The summed E-state index contributed by atoms with van der Waals surface area (Å²) in [6.07, 6.45) is -1.46. The maximum atomic E-state index is 13.4. The highest BCUT2D eigenvalue weighted by Crippen LogP contribution is 2.25. The Morgan fingerprint density at radius 3 is 2.73 bits per heavy atom. The third kappa shape index (κ3) is 4.43. The summed E-state index contributed by atoms with van der Waals surface area (Å²) in [6.45, 7) is 2.83. The highest BCUT2D eigenvalue weighted by atomic mass is 35.5. The van der Waals surface area contributed by atoms with Crippen molar-refractivity contribution in [2.75, 3.05) is 32.7 Å². The molecule has 1 unspecified atom stereocenters. The number of rotatable bonds is 4. The Kier molecular flexibility index (Phi) is 6.43. The zero-order valence-electron chi connectivity index (χ0n) is 14.1. The van der Waals surface area contributed by atoms with Crippen molar-refractivity contribution in [3.63, 3.8) is 0 Å². The predicted molar refractivity (Wildman–Crippen MR) is 91.6 cm³/mol. The van der Waals surface area contributed by atoms with E-state index in [1.807, 2.05) is 0 Å². The molecule has 1 fully saturated rings. The van der Waals surface area contributed by atoms with Gasteiger partial charge in [0, 0.05) is 44.6 Å². The van der Waals surface area contributed by atoms with E-state index in [0.29, 0.717) is 24.4 Å². The Morgan fingerprint density at radius 2 is 2.08 bits per heavy atom. The molecule has 26 heavy (non-hydrogen) atoms. The minimum Gasteiger partial charge on any atom is -0.350 e. The first kappa shape index (κ1) is 20.4. The number of amides is 1. The second-order valence-corrected chi connectivity index (χ2v) is 5.95. The van der Waals surface area contributed by atoms with Gasteiger partial charge >= 0.3 is 6.18 Å². The number of fused-ring (bicyclic) bond motifs is 1. The van der Waals surface area contributed by atoms with Gasteiger partial charge in [-0.15, -0.1) is 12.4 Å². The van der Waals surface area contributed by atoms with Crippen LogP contribution in [0.15, 0.2) is 18.5 Å². The maximum absolute atomic E-state index is 13.4. The lowest BCUT2D eigenvalue weighted by atomic mass is 10.2. The minimum atomic E-state index is -4.42. The van der Waals surface area contributed by atoms with E-state index in [9.17, 15) is 18.0 Å². The van der Waals surface area contributed by atoms with Crippen molar-refractivity contribution in [1.29, 1.82) is 0 Å². The molecular weight excluding hydrogens is 373 g/mol. The third-order valence-corrected chi connectivity index (χ3v) is 4.18. The van der Waals surface area contributed by atoms with Gasteiger partial charge in [0.2, 0.25) is 0 Å². The highest BCUT2D eigenvalue weighted by molar-refractivity contribution is 5.99. The van der Waals surface area contributed by atoms with Gasteiger partial charge in [-0.05, 0) is 13.0 Å². The molecule has 0 bridgehead atoms. The molecule has 0 saturated carbocycles. The largest absolute Gasteiger partial charge is 0.405 e. The van der Waals surface area contributed by atoms with E-state index in [-0.39, 0.29) is 31.1 Å². The SMILES string of the molecule is Cc1ccn2ncc(C(=O)NCC(N3CCNCC3)C(F)(F)F)c2n1.Cl. The normalized spacial score (nSPS) is 16.9. The van der Waals surface area contributed by atoms with Crippen LogP contribution in [0.5, 0.6) is 0 Å². The van der Waals surface area contributed by atoms with Gasteiger partial charge in [0.05, 0.1) is 6.20 Å². The van der Waals surface area contributed by atoms with Crippen LogP contribution in [0.25, 0.3) is 5.65 Å². The monoisotopic (exact) mass is 392 g/mol. The first-order valence-corrected chi connectivity index (χ1v) is 7.97. The van der Waals surface area contributed by atoms with Crippen molar-refractivity contribution in [3.8, 4) is 0 Å². The van der Waals surface area contributed by atoms with Crippen LogP contribution in [0.4, 0.5) is 13.2 Å². The Hall–Kier alpha value is -1.91. The van der Waals surface area contributed by atoms with Gasteiger partial charge in [-0.1, -0.05) is 0 Å². The van der Waals surface area contributed by atoms with Crippen LogP contribution in [-0.4, -0.2) is 70.3 Å². The van der Waals surface area contributed by atoms with E-state index in [1.165, 1.54) is 15.6 Å². The van der Waals surface area contributed by atoms with Crippen molar-refractivity contribution < 1.29 is 18.0 Å². The summed E-state index contributed by atoms with van der Waals surface area (Å²) in [5, 5.41) is 9.40. The number of hydrogen-bond donors (Lipinski definition) is 2. The van der Waals surface area contributed by atoms with E-state index in [2.05, 4.69) is 20.7 Å². The lowest BCUT2D eigenvalue weighted by Gasteiger charge is -2.35. The van der Waals surface area contributed by atoms with E-state index >= 15 is 0 Å². The average Bonchev–Trinajstić information content (AvgIpc) is 2.97. The maximum Gasteiger partial charge on any atom is 0.405 e. The number of carbonyl (C=O) groups is 1. The number of piperazine rings is 1. The van der Waals surface area contributed by atoms with Crippen molar-refractivity contribution in [2.24, 2.45) is 0 Å². The van der Waals surface area contributed by atoms with Gasteiger partial charge in [-0.25, -0.2) is 9.50 Å². The zero-order chi connectivity index (χ0) is 18.0. The fraction of sp³-hybridized carbons (Fsp3) is 0.533. The molecule has 1 amide bonds. The molecule has 0 aliphatic carbocycles. The molecule has 0 spiro atoms. The lowest BCUT2D eigenvalue weighted by Crippen LogP contribution is -2.57. The highest BCUT2D eigenvalue weighted by Gasteiger charge is 2.43. The molecule has 11 heteroatoms. The van der Waals surface area contributed by atoms with Crippen molar-refractivity contribution in [1.82, 2.24) is 30.1 Å².